The van der Waals surface area contributed by atoms with E-state index in [2.05, 4.69) is 10.3 Å². The van der Waals surface area contributed by atoms with E-state index >= 15 is 0 Å². The van der Waals surface area contributed by atoms with Crippen molar-refractivity contribution >= 4 is 19.3 Å². The molecule has 1 aliphatic heterocycles. The molecule has 1 aromatic heterocycles. The zero-order valence-electron chi connectivity index (χ0n) is 19.0. The van der Waals surface area contributed by atoms with Crippen molar-refractivity contribution in [2.24, 2.45) is 0 Å². The summed E-state index contributed by atoms with van der Waals surface area (Å²) >= 11 is 0. The molecule has 0 aliphatic carbocycles. The van der Waals surface area contributed by atoms with Crippen LogP contribution in [0.15, 0.2) is 17.7 Å². The van der Waals surface area contributed by atoms with Crippen LogP contribution in [0.1, 0.15) is 59.6 Å². The molecule has 0 saturated carbocycles. The molecule has 0 unspecified atom stereocenters. The number of carbonyl (C=O) groups excluding carboxylic acids is 1. The molecule has 1 aliphatic rings. The Morgan fingerprint density at radius 1 is 1.24 bits per heavy atom. The Labute approximate surface area is 174 Å². The topological polar surface area (TPSA) is 78.9 Å². The molecular formula is C21H33BN2O5. The predicted molar refractivity (Wildman–Crippen MR) is 114 cm³/mol. The standard InChI is InChI=1S/C21H33BN2O5/c1-14-10-17(26-9)23-12-15(14)11-16(13-24-18(25)27-19(2,3)4)22-28-20(5,6)21(7,8)29-22/h10-12H,13H2,1-9H3,(H,24,25). The van der Waals surface area contributed by atoms with Crippen molar-refractivity contribution in [1.29, 1.82) is 0 Å². The lowest BCUT2D eigenvalue weighted by molar-refractivity contribution is 0.00578. The van der Waals surface area contributed by atoms with Gasteiger partial charge in [-0.15, -0.1) is 0 Å². The Bertz CT molecular complexity index is 768. The van der Waals surface area contributed by atoms with Gasteiger partial charge in [0, 0.05) is 18.8 Å². The third kappa shape index (κ3) is 5.96. The maximum Gasteiger partial charge on any atom is 0.492 e. The number of nitrogens with zero attached hydrogens (tertiary/aromatic N) is 1. The van der Waals surface area contributed by atoms with Gasteiger partial charge >= 0.3 is 13.2 Å². The Balaban J connectivity index is 2.30. The minimum Gasteiger partial charge on any atom is -0.481 e. The number of ether oxygens (including phenoxy) is 2. The Morgan fingerprint density at radius 3 is 2.31 bits per heavy atom. The number of methoxy groups -OCH3 is 1. The minimum absolute atomic E-state index is 0.219. The average molecular weight is 404 g/mol. The van der Waals surface area contributed by atoms with E-state index in [9.17, 15) is 4.79 Å². The van der Waals surface area contributed by atoms with E-state index in [0.29, 0.717) is 5.88 Å². The van der Waals surface area contributed by atoms with Gasteiger partial charge in [-0.1, -0.05) is 6.08 Å². The number of hydrogen-bond acceptors (Lipinski definition) is 6. The summed E-state index contributed by atoms with van der Waals surface area (Å²) in [5.41, 5.74) is 1.09. The molecule has 8 heteroatoms. The highest BCUT2D eigenvalue weighted by Crippen LogP contribution is 2.38. The van der Waals surface area contributed by atoms with E-state index in [1.54, 1.807) is 13.3 Å². The molecule has 1 N–H and O–H groups in total. The SMILES string of the molecule is COc1cc(C)c(C=C(CNC(=O)OC(C)(C)C)B2OC(C)(C)C(C)(C)O2)cn1. The van der Waals surface area contributed by atoms with Crippen LogP contribution in [-0.4, -0.2) is 48.7 Å². The molecule has 1 amide bonds. The molecule has 160 valence electrons. The van der Waals surface area contributed by atoms with Crippen LogP contribution in [-0.2, 0) is 14.0 Å². The molecule has 7 nitrogen and oxygen atoms in total. The fourth-order valence-electron chi connectivity index (χ4n) is 2.69. The fourth-order valence-corrected chi connectivity index (χ4v) is 2.69. The van der Waals surface area contributed by atoms with Crippen LogP contribution in [0.4, 0.5) is 4.79 Å². The first kappa shape index (κ1) is 23.2. The molecule has 2 rings (SSSR count). The van der Waals surface area contributed by atoms with Gasteiger partial charge in [-0.25, -0.2) is 9.78 Å². The predicted octanol–water partition coefficient (Wildman–Crippen LogP) is 3.94. The maximum atomic E-state index is 12.2. The number of carbonyl (C=O) groups is 1. The quantitative estimate of drug-likeness (QED) is 0.749. The van der Waals surface area contributed by atoms with Crippen molar-refractivity contribution in [3.05, 3.63) is 28.9 Å². The van der Waals surface area contributed by atoms with E-state index in [0.717, 1.165) is 16.6 Å². The number of nitrogens with one attached hydrogen (secondary N) is 1. The molecule has 1 aromatic rings. The first-order valence-corrected chi connectivity index (χ1v) is 9.78. The summed E-state index contributed by atoms with van der Waals surface area (Å²) in [6.07, 6.45) is 3.17. The fraction of sp³-hybridized carbons (Fsp3) is 0.619. The molecule has 1 fully saturated rings. The first-order valence-electron chi connectivity index (χ1n) is 9.78. The van der Waals surface area contributed by atoms with E-state index in [1.807, 2.05) is 67.5 Å². The Morgan fingerprint density at radius 2 is 1.83 bits per heavy atom. The van der Waals surface area contributed by atoms with Crippen LogP contribution in [0.3, 0.4) is 0 Å². The van der Waals surface area contributed by atoms with Crippen LogP contribution in [0, 0.1) is 6.92 Å². The smallest absolute Gasteiger partial charge is 0.481 e. The van der Waals surface area contributed by atoms with Crippen molar-refractivity contribution in [2.75, 3.05) is 13.7 Å². The summed E-state index contributed by atoms with van der Waals surface area (Å²) in [5.74, 6) is 0.545. The Kier molecular flexibility index (Phi) is 6.70. The van der Waals surface area contributed by atoms with Gasteiger partial charge in [0.25, 0.3) is 0 Å². The highest BCUT2D eigenvalue weighted by Gasteiger charge is 2.52. The van der Waals surface area contributed by atoms with Gasteiger partial charge in [-0.3, -0.25) is 0 Å². The zero-order chi connectivity index (χ0) is 22.0. The summed E-state index contributed by atoms with van der Waals surface area (Å²) in [5, 5.41) is 2.80. The molecule has 1 saturated heterocycles. The lowest BCUT2D eigenvalue weighted by Crippen LogP contribution is -2.41. The number of pyridine rings is 1. The minimum atomic E-state index is -0.601. The molecule has 29 heavy (non-hydrogen) atoms. The van der Waals surface area contributed by atoms with E-state index < -0.39 is 30.0 Å². The van der Waals surface area contributed by atoms with Gasteiger partial charge in [0.05, 0.1) is 18.3 Å². The second-order valence-corrected chi connectivity index (χ2v) is 9.25. The van der Waals surface area contributed by atoms with Crippen LogP contribution >= 0.6 is 0 Å². The second kappa shape index (κ2) is 8.36. The molecule has 0 bridgehead atoms. The third-order valence-electron chi connectivity index (χ3n) is 5.07. The van der Waals surface area contributed by atoms with Gasteiger partial charge in [0.2, 0.25) is 5.88 Å². The molecule has 0 spiro atoms. The Hall–Kier alpha value is -2.06. The average Bonchev–Trinajstić information content (AvgIpc) is 2.78. The van der Waals surface area contributed by atoms with Gasteiger partial charge in [0.1, 0.15) is 5.60 Å². The molecular weight excluding hydrogens is 371 g/mol. The number of amides is 1. The summed E-state index contributed by atoms with van der Waals surface area (Å²) in [6.45, 7) is 15.6. The lowest BCUT2D eigenvalue weighted by Gasteiger charge is -2.32. The maximum absolute atomic E-state index is 12.2. The van der Waals surface area contributed by atoms with Crippen molar-refractivity contribution in [3.8, 4) is 5.88 Å². The number of rotatable bonds is 5. The molecule has 0 aromatic carbocycles. The third-order valence-corrected chi connectivity index (χ3v) is 5.07. The second-order valence-electron chi connectivity index (χ2n) is 9.25. The molecule has 0 radical (unpaired) electrons. The van der Waals surface area contributed by atoms with Crippen molar-refractivity contribution in [1.82, 2.24) is 10.3 Å². The number of alkyl carbamates (subject to hydrolysis) is 1. The summed E-state index contributed by atoms with van der Waals surface area (Å²) in [4.78, 5) is 16.4. The van der Waals surface area contributed by atoms with Gasteiger partial charge in [0.15, 0.2) is 0 Å². The number of aromatic nitrogens is 1. The van der Waals surface area contributed by atoms with Gasteiger partial charge in [-0.05, 0) is 72.0 Å². The first-order chi connectivity index (χ1) is 13.2. The van der Waals surface area contributed by atoms with Gasteiger partial charge < -0.3 is 24.1 Å². The van der Waals surface area contributed by atoms with Crippen molar-refractivity contribution in [3.63, 3.8) is 0 Å². The van der Waals surface area contributed by atoms with E-state index in [-0.39, 0.29) is 6.54 Å². The zero-order valence-corrected chi connectivity index (χ0v) is 19.0. The number of aryl methyl sites for hydroxylation is 1. The molecule has 2 heterocycles. The summed E-state index contributed by atoms with van der Waals surface area (Å²) in [7, 11) is 0.981. The van der Waals surface area contributed by atoms with Crippen LogP contribution in [0.25, 0.3) is 6.08 Å². The highest BCUT2D eigenvalue weighted by atomic mass is 16.7. The monoisotopic (exact) mass is 404 g/mol. The van der Waals surface area contributed by atoms with Crippen LogP contribution in [0.2, 0.25) is 0 Å². The van der Waals surface area contributed by atoms with Crippen LogP contribution in [0.5, 0.6) is 5.88 Å². The lowest BCUT2D eigenvalue weighted by atomic mass is 9.76. The van der Waals surface area contributed by atoms with Crippen LogP contribution < -0.4 is 10.1 Å². The van der Waals surface area contributed by atoms with Crippen molar-refractivity contribution in [2.45, 2.75) is 72.2 Å². The molecule has 0 atom stereocenters. The highest BCUT2D eigenvalue weighted by molar-refractivity contribution is 6.56. The van der Waals surface area contributed by atoms with Gasteiger partial charge in [-0.2, -0.15) is 0 Å². The largest absolute Gasteiger partial charge is 0.492 e. The number of hydrogen-bond donors (Lipinski definition) is 1. The summed E-state index contributed by atoms with van der Waals surface area (Å²) in [6, 6.07) is 1.86. The van der Waals surface area contributed by atoms with Crippen molar-refractivity contribution < 1.29 is 23.6 Å². The van der Waals surface area contributed by atoms with E-state index in [1.165, 1.54) is 0 Å². The normalized spacial score (nSPS) is 18.5. The van der Waals surface area contributed by atoms with E-state index in [4.69, 9.17) is 18.8 Å². The summed E-state index contributed by atoms with van der Waals surface area (Å²) < 4.78 is 22.9.